The Morgan fingerprint density at radius 1 is 1.35 bits per heavy atom. The molecule has 2 rings (SSSR count). The van der Waals surface area contributed by atoms with Gasteiger partial charge in [0.15, 0.2) is 0 Å². The van der Waals surface area contributed by atoms with Gasteiger partial charge in [0, 0.05) is 25.5 Å². The molecule has 0 saturated heterocycles. The molecular formula is C13H19N3O. The Morgan fingerprint density at radius 3 is 2.94 bits per heavy atom. The fourth-order valence-electron chi connectivity index (χ4n) is 1.92. The molecule has 0 unspecified atom stereocenters. The highest BCUT2D eigenvalue weighted by Crippen LogP contribution is 2.24. The number of ether oxygens (including phenoxy) is 1. The maximum atomic E-state index is 5.64. The first-order chi connectivity index (χ1) is 8.31. The third-order valence-corrected chi connectivity index (χ3v) is 2.75. The maximum absolute atomic E-state index is 5.64. The predicted octanol–water partition coefficient (Wildman–Crippen LogP) is 1.98. The van der Waals surface area contributed by atoms with E-state index in [-0.39, 0.29) is 0 Å². The Morgan fingerprint density at radius 2 is 2.18 bits per heavy atom. The molecule has 2 heterocycles. The van der Waals surface area contributed by atoms with E-state index in [9.17, 15) is 0 Å². The average molecular weight is 233 g/mol. The van der Waals surface area contributed by atoms with Crippen molar-refractivity contribution in [1.82, 2.24) is 14.9 Å². The van der Waals surface area contributed by atoms with Crippen LogP contribution in [0.15, 0.2) is 18.5 Å². The quantitative estimate of drug-likeness (QED) is 0.797. The Bertz CT molecular complexity index is 403. The first-order valence-corrected chi connectivity index (χ1v) is 6.13. The highest BCUT2D eigenvalue weighted by molar-refractivity contribution is 5.67. The summed E-state index contributed by atoms with van der Waals surface area (Å²) in [5, 5.41) is 0. The Hall–Kier alpha value is -1.42. The van der Waals surface area contributed by atoms with Crippen LogP contribution in [-0.4, -0.2) is 41.6 Å². The number of hydrogen-bond acceptors (Lipinski definition) is 4. The maximum Gasteiger partial charge on any atom is 0.240 e. The van der Waals surface area contributed by atoms with Crippen molar-refractivity contribution in [2.24, 2.45) is 0 Å². The molecule has 4 nitrogen and oxygen atoms in total. The summed E-state index contributed by atoms with van der Waals surface area (Å²) < 4.78 is 5.64. The van der Waals surface area contributed by atoms with Crippen LogP contribution in [0, 0.1) is 0 Å². The number of nitrogens with zero attached hydrogens (tertiary/aromatic N) is 3. The van der Waals surface area contributed by atoms with E-state index in [1.54, 1.807) is 12.4 Å². The second-order valence-electron chi connectivity index (χ2n) is 4.31. The van der Waals surface area contributed by atoms with E-state index < -0.39 is 0 Å². The van der Waals surface area contributed by atoms with Gasteiger partial charge in [-0.15, -0.1) is 0 Å². The van der Waals surface area contributed by atoms with E-state index in [4.69, 9.17) is 4.74 Å². The molecule has 0 N–H and O–H groups in total. The van der Waals surface area contributed by atoms with Crippen LogP contribution in [-0.2, 0) is 0 Å². The number of aromatic nitrogens is 2. The molecule has 0 aromatic carbocycles. The molecule has 0 aliphatic carbocycles. The van der Waals surface area contributed by atoms with Crippen molar-refractivity contribution in [3.63, 3.8) is 0 Å². The van der Waals surface area contributed by atoms with Crippen molar-refractivity contribution in [3.8, 4) is 5.88 Å². The third kappa shape index (κ3) is 3.03. The standard InChI is InChI=1S/C13H19N3O/c1-3-9-17-13-12(14-6-7-15-13)11-5-4-8-16(2)10-11/h5-7H,3-4,8-10H2,1-2H3. The normalized spacial score (nSPS) is 16.7. The van der Waals surface area contributed by atoms with Crippen LogP contribution in [0.1, 0.15) is 25.5 Å². The fraction of sp³-hybridized carbons (Fsp3) is 0.538. The molecule has 1 aromatic rings. The molecule has 1 aromatic heterocycles. The zero-order valence-electron chi connectivity index (χ0n) is 10.5. The Labute approximate surface area is 102 Å². The van der Waals surface area contributed by atoms with E-state index in [0.29, 0.717) is 12.5 Å². The van der Waals surface area contributed by atoms with Crippen molar-refractivity contribution in [2.45, 2.75) is 19.8 Å². The van der Waals surface area contributed by atoms with Crippen molar-refractivity contribution in [2.75, 3.05) is 26.7 Å². The highest BCUT2D eigenvalue weighted by atomic mass is 16.5. The summed E-state index contributed by atoms with van der Waals surface area (Å²) in [6, 6.07) is 0. The highest BCUT2D eigenvalue weighted by Gasteiger charge is 2.16. The summed E-state index contributed by atoms with van der Waals surface area (Å²) in [7, 11) is 2.12. The topological polar surface area (TPSA) is 38.3 Å². The first kappa shape index (κ1) is 12.0. The van der Waals surface area contributed by atoms with Crippen LogP contribution in [0.4, 0.5) is 0 Å². The van der Waals surface area contributed by atoms with Crippen molar-refractivity contribution in [3.05, 3.63) is 24.2 Å². The van der Waals surface area contributed by atoms with Gasteiger partial charge in [-0.05, 0) is 25.5 Å². The summed E-state index contributed by atoms with van der Waals surface area (Å²) in [5.41, 5.74) is 2.12. The van der Waals surface area contributed by atoms with Crippen LogP contribution in [0.5, 0.6) is 5.88 Å². The first-order valence-electron chi connectivity index (χ1n) is 6.13. The Kier molecular flexibility index (Phi) is 4.09. The average Bonchev–Trinajstić information content (AvgIpc) is 2.37. The van der Waals surface area contributed by atoms with Crippen molar-refractivity contribution in [1.29, 1.82) is 0 Å². The van der Waals surface area contributed by atoms with Gasteiger partial charge < -0.3 is 9.64 Å². The molecule has 1 aliphatic rings. The second-order valence-corrected chi connectivity index (χ2v) is 4.31. The molecule has 17 heavy (non-hydrogen) atoms. The molecule has 0 saturated carbocycles. The molecule has 0 amide bonds. The SMILES string of the molecule is CCCOc1nccnc1C1=CCCN(C)C1. The van der Waals surface area contributed by atoms with Crippen molar-refractivity contribution >= 4 is 5.57 Å². The van der Waals surface area contributed by atoms with E-state index in [1.807, 2.05) is 0 Å². The van der Waals surface area contributed by atoms with E-state index in [1.165, 1.54) is 5.57 Å². The second kappa shape index (κ2) is 5.77. The lowest BCUT2D eigenvalue weighted by atomic mass is 10.1. The summed E-state index contributed by atoms with van der Waals surface area (Å²) in [4.78, 5) is 11.0. The van der Waals surface area contributed by atoms with Gasteiger partial charge in [-0.25, -0.2) is 9.97 Å². The Balaban J connectivity index is 2.21. The fourth-order valence-corrected chi connectivity index (χ4v) is 1.92. The lowest BCUT2D eigenvalue weighted by Gasteiger charge is -2.23. The monoisotopic (exact) mass is 233 g/mol. The zero-order valence-corrected chi connectivity index (χ0v) is 10.5. The predicted molar refractivity (Wildman–Crippen MR) is 67.9 cm³/mol. The van der Waals surface area contributed by atoms with E-state index in [0.717, 1.165) is 31.6 Å². The minimum Gasteiger partial charge on any atom is -0.476 e. The number of hydrogen-bond donors (Lipinski definition) is 0. The van der Waals surface area contributed by atoms with Gasteiger partial charge >= 0.3 is 0 Å². The largest absolute Gasteiger partial charge is 0.476 e. The van der Waals surface area contributed by atoms with Crippen LogP contribution in [0.3, 0.4) is 0 Å². The molecule has 92 valence electrons. The molecule has 0 spiro atoms. The van der Waals surface area contributed by atoms with Crippen LogP contribution in [0.2, 0.25) is 0 Å². The lowest BCUT2D eigenvalue weighted by Crippen LogP contribution is -2.25. The molecule has 0 bridgehead atoms. The number of likely N-dealkylation sites (N-methyl/N-ethyl adjacent to an activating group) is 1. The minimum atomic E-state index is 0.663. The van der Waals surface area contributed by atoms with Gasteiger partial charge in [-0.1, -0.05) is 13.0 Å². The van der Waals surface area contributed by atoms with Crippen LogP contribution in [0.25, 0.3) is 5.57 Å². The van der Waals surface area contributed by atoms with Gasteiger partial charge in [0.1, 0.15) is 5.69 Å². The number of rotatable bonds is 4. The minimum absolute atomic E-state index is 0.663. The zero-order chi connectivity index (χ0) is 12.1. The smallest absolute Gasteiger partial charge is 0.240 e. The summed E-state index contributed by atoms with van der Waals surface area (Å²) in [5.74, 6) is 0.663. The molecule has 0 fully saturated rings. The molecule has 4 heteroatoms. The van der Waals surface area contributed by atoms with Gasteiger partial charge in [0.25, 0.3) is 0 Å². The van der Waals surface area contributed by atoms with E-state index in [2.05, 4.69) is 34.9 Å². The van der Waals surface area contributed by atoms with Gasteiger partial charge in [-0.2, -0.15) is 0 Å². The van der Waals surface area contributed by atoms with Crippen molar-refractivity contribution < 1.29 is 4.74 Å². The van der Waals surface area contributed by atoms with Crippen LogP contribution < -0.4 is 4.74 Å². The van der Waals surface area contributed by atoms with Gasteiger partial charge in [-0.3, -0.25) is 0 Å². The molecule has 1 aliphatic heterocycles. The van der Waals surface area contributed by atoms with Gasteiger partial charge in [0.2, 0.25) is 5.88 Å². The van der Waals surface area contributed by atoms with E-state index >= 15 is 0 Å². The molecule has 0 radical (unpaired) electrons. The summed E-state index contributed by atoms with van der Waals surface area (Å²) >= 11 is 0. The molecule has 0 atom stereocenters. The summed E-state index contributed by atoms with van der Waals surface area (Å²) in [6.07, 6.45) is 7.69. The third-order valence-electron chi connectivity index (χ3n) is 2.75. The van der Waals surface area contributed by atoms with Gasteiger partial charge in [0.05, 0.1) is 6.61 Å². The van der Waals surface area contributed by atoms with Crippen LogP contribution >= 0.6 is 0 Å². The summed E-state index contributed by atoms with van der Waals surface area (Å²) in [6.45, 7) is 4.80. The molecular weight excluding hydrogens is 214 g/mol. The lowest BCUT2D eigenvalue weighted by molar-refractivity contribution is 0.301.